The van der Waals surface area contributed by atoms with E-state index in [2.05, 4.69) is 5.32 Å². The molecule has 1 unspecified atom stereocenters. The molecule has 11 heteroatoms. The average Bonchev–Trinajstić information content (AvgIpc) is 2.62. The van der Waals surface area contributed by atoms with E-state index in [0.29, 0.717) is 12.5 Å². The maximum absolute atomic E-state index is 12.1. The second kappa shape index (κ2) is 9.46. The van der Waals surface area contributed by atoms with Gasteiger partial charge in [-0.05, 0) is 19.9 Å². The van der Waals surface area contributed by atoms with Gasteiger partial charge in [0.25, 0.3) is 0 Å². The van der Waals surface area contributed by atoms with Gasteiger partial charge in [-0.25, -0.2) is 0 Å². The van der Waals surface area contributed by atoms with E-state index in [1.54, 1.807) is 0 Å². The van der Waals surface area contributed by atoms with Gasteiger partial charge in [0, 0.05) is 27.4 Å². The van der Waals surface area contributed by atoms with Gasteiger partial charge >= 0.3 is 8.80 Å². The van der Waals surface area contributed by atoms with Crippen molar-refractivity contribution in [3.63, 3.8) is 0 Å². The van der Waals surface area contributed by atoms with Gasteiger partial charge in [-0.3, -0.25) is 10.1 Å². The minimum atomic E-state index is -2.78. The summed E-state index contributed by atoms with van der Waals surface area (Å²) in [6.45, 7) is 0.782. The number of Topliss-reactive ketones (excluding diaryl/α,β-unsaturated/α-hetero) is 1. The van der Waals surface area contributed by atoms with Crippen molar-refractivity contribution < 1.29 is 43.2 Å². The average molecular weight is 383 g/mol. The predicted octanol–water partition coefficient (Wildman–Crippen LogP) is -2.40. The first-order chi connectivity index (χ1) is 11.7. The third kappa shape index (κ3) is 4.63. The largest absolute Gasteiger partial charge is 0.500 e. The Morgan fingerprint density at radius 2 is 1.72 bits per heavy atom. The van der Waals surface area contributed by atoms with Crippen molar-refractivity contribution in [2.24, 2.45) is 0 Å². The number of carbonyl (C=O) groups is 1. The Morgan fingerprint density at radius 3 is 2.16 bits per heavy atom. The summed E-state index contributed by atoms with van der Waals surface area (Å²) in [6, 6.07) is 0.447. The zero-order valence-electron chi connectivity index (χ0n) is 15.0. The van der Waals surface area contributed by atoms with E-state index < -0.39 is 51.3 Å². The number of nitrogens with one attached hydrogen (secondary N) is 1. The number of hydrogen-bond donors (Lipinski definition) is 5. The minimum Gasteiger partial charge on any atom is -0.394 e. The third-order valence-electron chi connectivity index (χ3n) is 4.49. The summed E-state index contributed by atoms with van der Waals surface area (Å²) in [6.07, 6.45) is -5.59. The molecule has 0 aromatic rings. The van der Waals surface area contributed by atoms with E-state index in [4.69, 9.17) is 18.0 Å². The highest BCUT2D eigenvalue weighted by molar-refractivity contribution is 6.60. The van der Waals surface area contributed by atoms with Crippen molar-refractivity contribution in [1.29, 1.82) is 0 Å². The van der Waals surface area contributed by atoms with Crippen LogP contribution in [0.1, 0.15) is 13.3 Å². The summed E-state index contributed by atoms with van der Waals surface area (Å²) in [5.74, 6) is -0.585. The molecule has 10 nitrogen and oxygen atoms in total. The van der Waals surface area contributed by atoms with E-state index in [9.17, 15) is 25.2 Å². The Morgan fingerprint density at radius 1 is 1.16 bits per heavy atom. The lowest BCUT2D eigenvalue weighted by Crippen LogP contribution is -2.73. The summed E-state index contributed by atoms with van der Waals surface area (Å²) >= 11 is 0. The highest BCUT2D eigenvalue weighted by Crippen LogP contribution is 2.29. The molecule has 1 fully saturated rings. The molecule has 0 aromatic carbocycles. The fourth-order valence-electron chi connectivity index (χ4n) is 2.87. The molecule has 0 bridgehead atoms. The standard InChI is InChI=1S/C14H29NO9Si/c1-9(17)14(13(20)12(19)11(18)10(8-16)24-14)15-6-5-7-25(21-2,22-3)23-4/h10-13,15-16,18-20H,5-8H2,1-4H3/t10-,11-,12+,13-,14?/m1/s1. The molecule has 0 radical (unpaired) electrons. The molecule has 0 amide bonds. The van der Waals surface area contributed by atoms with Crippen LogP contribution in [0.25, 0.3) is 0 Å². The van der Waals surface area contributed by atoms with Crippen LogP contribution in [0, 0.1) is 0 Å². The van der Waals surface area contributed by atoms with Crippen molar-refractivity contribution >= 4 is 14.6 Å². The maximum Gasteiger partial charge on any atom is 0.500 e. The lowest BCUT2D eigenvalue weighted by atomic mass is 9.88. The summed E-state index contributed by atoms with van der Waals surface area (Å²) in [7, 11) is 1.69. The first kappa shape index (κ1) is 22.6. The van der Waals surface area contributed by atoms with Crippen molar-refractivity contribution in [3.05, 3.63) is 0 Å². The van der Waals surface area contributed by atoms with Crippen LogP contribution in [0.4, 0.5) is 0 Å². The molecule has 1 aliphatic heterocycles. The molecular formula is C14H29NO9Si. The van der Waals surface area contributed by atoms with Gasteiger partial charge in [0.1, 0.15) is 24.4 Å². The van der Waals surface area contributed by atoms with E-state index in [1.807, 2.05) is 0 Å². The van der Waals surface area contributed by atoms with Crippen LogP contribution in [0.3, 0.4) is 0 Å². The quantitative estimate of drug-likeness (QED) is 0.204. The van der Waals surface area contributed by atoms with Crippen LogP contribution in [0.15, 0.2) is 0 Å². The molecule has 5 N–H and O–H groups in total. The second-order valence-electron chi connectivity index (χ2n) is 5.88. The molecule has 1 aliphatic rings. The Balaban J connectivity index is 2.81. The van der Waals surface area contributed by atoms with Crippen LogP contribution in [-0.4, -0.2) is 99.6 Å². The number of carbonyl (C=O) groups excluding carboxylic acids is 1. The van der Waals surface area contributed by atoms with Crippen LogP contribution in [-0.2, 0) is 22.8 Å². The topological polar surface area (TPSA) is 147 Å². The zero-order chi connectivity index (χ0) is 19.3. The Hall–Kier alpha value is -0.473. The lowest BCUT2D eigenvalue weighted by Gasteiger charge is -2.47. The SMILES string of the molecule is CO[Si](CCCNC1(C(C)=O)O[C@H](CO)[C@@H](O)[C@H](O)[C@H]1O)(OC)OC. The molecule has 5 atom stereocenters. The highest BCUT2D eigenvalue weighted by Gasteiger charge is 2.56. The van der Waals surface area contributed by atoms with E-state index in [-0.39, 0.29) is 6.54 Å². The first-order valence-corrected chi connectivity index (χ1v) is 9.91. The fraction of sp³-hybridized carbons (Fsp3) is 0.929. The molecule has 0 spiro atoms. The molecule has 0 saturated carbocycles. The summed E-state index contributed by atoms with van der Waals surface area (Å²) in [5, 5.41) is 42.2. The number of ketones is 1. The first-order valence-electron chi connectivity index (χ1n) is 7.98. The van der Waals surface area contributed by atoms with Gasteiger partial charge in [0.2, 0.25) is 5.72 Å². The predicted molar refractivity (Wildman–Crippen MR) is 87.6 cm³/mol. The third-order valence-corrected chi connectivity index (χ3v) is 7.32. The van der Waals surface area contributed by atoms with Gasteiger partial charge in [-0.15, -0.1) is 0 Å². The van der Waals surface area contributed by atoms with E-state index in [1.165, 1.54) is 28.3 Å². The van der Waals surface area contributed by atoms with Crippen molar-refractivity contribution in [2.45, 2.75) is 49.5 Å². The summed E-state index contributed by atoms with van der Waals surface area (Å²) < 4.78 is 21.3. The molecule has 25 heavy (non-hydrogen) atoms. The summed E-state index contributed by atoms with van der Waals surface area (Å²) in [5.41, 5.74) is -1.93. The van der Waals surface area contributed by atoms with Crippen LogP contribution in [0.2, 0.25) is 6.04 Å². The normalized spacial score (nSPS) is 33.4. The van der Waals surface area contributed by atoms with Gasteiger partial charge in [0.05, 0.1) is 6.61 Å². The Labute approximate surface area is 148 Å². The lowest BCUT2D eigenvalue weighted by molar-refractivity contribution is -0.273. The monoisotopic (exact) mass is 383 g/mol. The molecule has 1 saturated heterocycles. The van der Waals surface area contributed by atoms with Gasteiger partial charge in [0.15, 0.2) is 5.78 Å². The number of rotatable bonds is 10. The van der Waals surface area contributed by atoms with Crippen LogP contribution in [0.5, 0.6) is 0 Å². The zero-order valence-corrected chi connectivity index (χ0v) is 16.0. The van der Waals surface area contributed by atoms with Gasteiger partial charge in [-0.2, -0.15) is 0 Å². The Bertz CT molecular complexity index is 426. The Kier molecular flexibility index (Phi) is 8.54. The van der Waals surface area contributed by atoms with Gasteiger partial charge in [-0.1, -0.05) is 0 Å². The molecule has 0 aromatic heterocycles. The van der Waals surface area contributed by atoms with E-state index in [0.717, 1.165) is 0 Å². The number of aliphatic hydroxyl groups is 4. The molecular weight excluding hydrogens is 354 g/mol. The van der Waals surface area contributed by atoms with Crippen LogP contribution < -0.4 is 5.32 Å². The maximum atomic E-state index is 12.1. The van der Waals surface area contributed by atoms with Crippen molar-refractivity contribution in [3.8, 4) is 0 Å². The van der Waals surface area contributed by atoms with Gasteiger partial charge < -0.3 is 38.4 Å². The smallest absolute Gasteiger partial charge is 0.394 e. The minimum absolute atomic E-state index is 0.211. The number of aliphatic hydroxyl groups excluding tert-OH is 4. The van der Waals surface area contributed by atoms with Crippen LogP contribution >= 0.6 is 0 Å². The number of hydrogen-bond acceptors (Lipinski definition) is 10. The van der Waals surface area contributed by atoms with Crippen molar-refractivity contribution in [2.75, 3.05) is 34.5 Å². The molecule has 148 valence electrons. The molecule has 1 heterocycles. The van der Waals surface area contributed by atoms with Crippen molar-refractivity contribution in [1.82, 2.24) is 5.32 Å². The molecule has 1 rings (SSSR count). The highest BCUT2D eigenvalue weighted by atomic mass is 28.4. The fourth-order valence-corrected chi connectivity index (χ4v) is 4.59. The summed E-state index contributed by atoms with van der Waals surface area (Å²) in [4.78, 5) is 12.1. The van der Waals surface area contributed by atoms with E-state index >= 15 is 0 Å². The number of ether oxygens (including phenoxy) is 1. The molecule has 0 aliphatic carbocycles. The second-order valence-corrected chi connectivity index (χ2v) is 8.97.